The summed E-state index contributed by atoms with van der Waals surface area (Å²) in [6.45, 7) is 2.94. The Labute approximate surface area is 152 Å². The van der Waals surface area contributed by atoms with E-state index in [9.17, 15) is 10.1 Å². The molecule has 0 N–H and O–H groups in total. The van der Waals surface area contributed by atoms with E-state index in [0.717, 1.165) is 23.3 Å². The normalized spacial score (nSPS) is 12.7. The first-order valence-corrected chi connectivity index (χ1v) is 8.46. The molecule has 0 aliphatic carbocycles. The Hall–Kier alpha value is -3.26. The molecule has 5 nitrogen and oxygen atoms in total. The fourth-order valence-corrected chi connectivity index (χ4v) is 2.74. The summed E-state index contributed by atoms with van der Waals surface area (Å²) in [5, 5.41) is 9.22. The van der Waals surface area contributed by atoms with E-state index in [1.54, 1.807) is 6.92 Å². The summed E-state index contributed by atoms with van der Waals surface area (Å²) in [5.41, 5.74) is 2.68. The van der Waals surface area contributed by atoms with Crippen LogP contribution in [0.25, 0.3) is 6.08 Å². The van der Waals surface area contributed by atoms with Crippen molar-refractivity contribution in [3.05, 3.63) is 64.7 Å². The Morgan fingerprint density at radius 2 is 2.12 bits per heavy atom. The van der Waals surface area contributed by atoms with E-state index in [-0.39, 0.29) is 12.2 Å². The van der Waals surface area contributed by atoms with Gasteiger partial charge in [0.25, 0.3) is 0 Å². The van der Waals surface area contributed by atoms with Crippen molar-refractivity contribution in [2.45, 2.75) is 20.0 Å². The molecule has 5 heteroatoms. The molecular formula is C21H19NO4. The first-order chi connectivity index (χ1) is 12.7. The van der Waals surface area contributed by atoms with Crippen LogP contribution >= 0.6 is 0 Å². The van der Waals surface area contributed by atoms with Gasteiger partial charge >= 0.3 is 5.97 Å². The van der Waals surface area contributed by atoms with Crippen LogP contribution in [0.2, 0.25) is 0 Å². The van der Waals surface area contributed by atoms with Gasteiger partial charge in [-0.25, -0.2) is 4.79 Å². The lowest BCUT2D eigenvalue weighted by Gasteiger charge is -2.11. The molecule has 2 aromatic carbocycles. The second-order valence-corrected chi connectivity index (χ2v) is 5.76. The Bertz CT molecular complexity index is 866. The monoisotopic (exact) mass is 349 g/mol. The van der Waals surface area contributed by atoms with Gasteiger partial charge in [-0.15, -0.1) is 0 Å². The largest absolute Gasteiger partial charge is 0.493 e. The molecule has 2 aromatic rings. The van der Waals surface area contributed by atoms with Gasteiger partial charge in [0, 0.05) is 12.0 Å². The Morgan fingerprint density at radius 1 is 1.31 bits per heavy atom. The number of nitriles is 1. The highest BCUT2D eigenvalue weighted by Gasteiger charge is 2.19. The molecule has 0 unspecified atom stereocenters. The van der Waals surface area contributed by atoms with E-state index >= 15 is 0 Å². The summed E-state index contributed by atoms with van der Waals surface area (Å²) in [4.78, 5) is 11.8. The summed E-state index contributed by atoms with van der Waals surface area (Å²) in [6.07, 6.45) is 2.27. The van der Waals surface area contributed by atoms with Crippen molar-refractivity contribution in [1.82, 2.24) is 0 Å². The maximum Gasteiger partial charge on any atom is 0.348 e. The SMILES string of the molecule is CCOC(=O)C(C#N)=Cc1cc2c(c(OCc3ccccc3)c1)CCO2. The molecular weight excluding hydrogens is 330 g/mol. The summed E-state index contributed by atoms with van der Waals surface area (Å²) in [7, 11) is 0. The predicted molar refractivity (Wildman–Crippen MR) is 96.6 cm³/mol. The zero-order chi connectivity index (χ0) is 18.4. The lowest BCUT2D eigenvalue weighted by atomic mass is 10.1. The van der Waals surface area contributed by atoms with Gasteiger partial charge in [-0.1, -0.05) is 30.3 Å². The van der Waals surface area contributed by atoms with Crippen molar-refractivity contribution in [3.63, 3.8) is 0 Å². The molecule has 0 saturated carbocycles. The van der Waals surface area contributed by atoms with Crippen LogP contribution in [0.15, 0.2) is 48.0 Å². The number of carbonyl (C=O) groups excluding carboxylic acids is 1. The molecule has 1 heterocycles. The maximum absolute atomic E-state index is 11.8. The number of nitrogens with zero attached hydrogens (tertiary/aromatic N) is 1. The van der Waals surface area contributed by atoms with Crippen molar-refractivity contribution < 1.29 is 19.0 Å². The molecule has 0 amide bonds. The highest BCUT2D eigenvalue weighted by Crippen LogP contribution is 2.36. The molecule has 0 atom stereocenters. The number of hydrogen-bond acceptors (Lipinski definition) is 5. The minimum absolute atomic E-state index is 0.0567. The summed E-state index contributed by atoms with van der Waals surface area (Å²) in [5.74, 6) is 0.794. The van der Waals surface area contributed by atoms with Crippen LogP contribution in [0, 0.1) is 11.3 Å². The first-order valence-electron chi connectivity index (χ1n) is 8.46. The van der Waals surface area contributed by atoms with Gasteiger partial charge in [0.2, 0.25) is 0 Å². The van der Waals surface area contributed by atoms with Gasteiger partial charge in [-0.2, -0.15) is 5.26 Å². The standard InChI is InChI=1S/C21H19NO4/c1-2-24-21(23)17(13-22)10-16-11-19-18(8-9-25-19)20(12-16)26-14-15-6-4-3-5-7-15/h3-7,10-12H,2,8-9,14H2,1H3. The summed E-state index contributed by atoms with van der Waals surface area (Å²) in [6, 6.07) is 15.4. The molecule has 0 radical (unpaired) electrons. The van der Waals surface area contributed by atoms with Crippen LogP contribution in [0.4, 0.5) is 0 Å². The quantitative estimate of drug-likeness (QED) is 0.452. The third-order valence-corrected chi connectivity index (χ3v) is 3.96. The second kappa shape index (κ2) is 8.21. The number of ether oxygens (including phenoxy) is 3. The Morgan fingerprint density at radius 3 is 2.85 bits per heavy atom. The number of hydrogen-bond donors (Lipinski definition) is 0. The molecule has 1 aliphatic heterocycles. The average molecular weight is 349 g/mol. The molecule has 0 aromatic heterocycles. The molecule has 0 spiro atoms. The fourth-order valence-electron chi connectivity index (χ4n) is 2.74. The average Bonchev–Trinajstić information content (AvgIpc) is 3.14. The van der Waals surface area contributed by atoms with Crippen LogP contribution in [0.3, 0.4) is 0 Å². The van der Waals surface area contributed by atoms with E-state index in [1.165, 1.54) is 6.08 Å². The van der Waals surface area contributed by atoms with Crippen molar-refractivity contribution in [2.24, 2.45) is 0 Å². The summed E-state index contributed by atoms with van der Waals surface area (Å²) >= 11 is 0. The van der Waals surface area contributed by atoms with Gasteiger partial charge in [-0.3, -0.25) is 0 Å². The smallest absolute Gasteiger partial charge is 0.348 e. The van der Waals surface area contributed by atoms with Gasteiger partial charge in [0.1, 0.15) is 29.7 Å². The number of esters is 1. The number of rotatable bonds is 6. The molecule has 0 bridgehead atoms. The molecule has 0 saturated heterocycles. The maximum atomic E-state index is 11.8. The van der Waals surface area contributed by atoms with Crippen LogP contribution in [-0.2, 0) is 22.6 Å². The van der Waals surface area contributed by atoms with E-state index in [1.807, 2.05) is 48.5 Å². The number of benzene rings is 2. The molecule has 1 aliphatic rings. The predicted octanol–water partition coefficient (Wildman–Crippen LogP) is 3.67. The van der Waals surface area contributed by atoms with Crippen LogP contribution in [0.1, 0.15) is 23.6 Å². The molecule has 3 rings (SSSR count). The van der Waals surface area contributed by atoms with Gasteiger partial charge < -0.3 is 14.2 Å². The van der Waals surface area contributed by atoms with Crippen molar-refractivity contribution >= 4 is 12.0 Å². The molecule has 0 fully saturated rings. The third kappa shape index (κ3) is 4.04. The molecule has 26 heavy (non-hydrogen) atoms. The topological polar surface area (TPSA) is 68.6 Å². The lowest BCUT2D eigenvalue weighted by Crippen LogP contribution is -2.06. The fraction of sp³-hybridized carbons (Fsp3) is 0.238. The van der Waals surface area contributed by atoms with E-state index < -0.39 is 5.97 Å². The van der Waals surface area contributed by atoms with Crippen LogP contribution < -0.4 is 9.47 Å². The first kappa shape index (κ1) is 17.6. The zero-order valence-corrected chi connectivity index (χ0v) is 14.5. The minimum atomic E-state index is -0.636. The zero-order valence-electron chi connectivity index (χ0n) is 14.5. The van der Waals surface area contributed by atoms with E-state index in [2.05, 4.69) is 0 Å². The van der Waals surface area contributed by atoms with E-state index in [0.29, 0.717) is 24.5 Å². The van der Waals surface area contributed by atoms with Crippen LogP contribution in [0.5, 0.6) is 11.5 Å². The second-order valence-electron chi connectivity index (χ2n) is 5.76. The number of fused-ring (bicyclic) bond motifs is 1. The lowest BCUT2D eigenvalue weighted by molar-refractivity contribution is -0.137. The third-order valence-electron chi connectivity index (χ3n) is 3.96. The summed E-state index contributed by atoms with van der Waals surface area (Å²) < 4.78 is 16.5. The highest BCUT2D eigenvalue weighted by molar-refractivity contribution is 5.98. The van der Waals surface area contributed by atoms with E-state index in [4.69, 9.17) is 14.2 Å². The molecule has 132 valence electrons. The van der Waals surface area contributed by atoms with Crippen molar-refractivity contribution in [2.75, 3.05) is 13.2 Å². The minimum Gasteiger partial charge on any atom is -0.493 e. The van der Waals surface area contributed by atoms with Crippen molar-refractivity contribution in [1.29, 1.82) is 5.26 Å². The van der Waals surface area contributed by atoms with Gasteiger partial charge in [0.05, 0.1) is 13.2 Å². The van der Waals surface area contributed by atoms with Gasteiger partial charge in [-0.05, 0) is 36.3 Å². The highest BCUT2D eigenvalue weighted by atomic mass is 16.5. The van der Waals surface area contributed by atoms with Crippen molar-refractivity contribution in [3.8, 4) is 17.6 Å². The van der Waals surface area contributed by atoms with Crippen LogP contribution in [-0.4, -0.2) is 19.2 Å². The Balaban J connectivity index is 1.88. The Kier molecular flexibility index (Phi) is 5.55. The van der Waals surface area contributed by atoms with Gasteiger partial charge in [0.15, 0.2) is 0 Å². The number of carbonyl (C=O) groups is 1.